The molecule has 3 aromatic rings. The molecule has 1 N–H and O–H groups in total. The number of hydrogen-bond donors (Lipinski definition) is 1. The highest BCUT2D eigenvalue weighted by molar-refractivity contribution is 7.89. The number of nitrogens with zero attached hydrogens (tertiary/aromatic N) is 4. The molecule has 8 nitrogen and oxygen atoms in total. The van der Waals surface area contributed by atoms with Crippen LogP contribution in [0.1, 0.15) is 55.5 Å². The Bertz CT molecular complexity index is 1380. The van der Waals surface area contributed by atoms with E-state index in [2.05, 4.69) is 29.0 Å². The molecular formula is C29H40ClN5O3S2. The first kappa shape index (κ1) is 30.7. The van der Waals surface area contributed by atoms with E-state index < -0.39 is 10.0 Å². The van der Waals surface area contributed by atoms with Crippen LogP contribution in [0.3, 0.4) is 0 Å². The van der Waals surface area contributed by atoms with Gasteiger partial charge in [-0.05, 0) is 61.7 Å². The zero-order chi connectivity index (χ0) is 28.7. The van der Waals surface area contributed by atoms with E-state index in [1.54, 1.807) is 39.9 Å². The van der Waals surface area contributed by atoms with Gasteiger partial charge in [0.25, 0.3) is 5.91 Å². The molecule has 1 aliphatic rings. The lowest BCUT2D eigenvalue weighted by Crippen LogP contribution is -2.48. The van der Waals surface area contributed by atoms with Gasteiger partial charge in [0.2, 0.25) is 10.0 Å². The number of nitrogens with one attached hydrogen (secondary N) is 1. The number of aromatic nitrogens is 1. The van der Waals surface area contributed by atoms with Gasteiger partial charge in [-0.3, -0.25) is 9.69 Å². The summed E-state index contributed by atoms with van der Waals surface area (Å²) in [6, 6.07) is 10.3. The summed E-state index contributed by atoms with van der Waals surface area (Å²) in [6.45, 7) is 12.0. The van der Waals surface area contributed by atoms with E-state index in [0.29, 0.717) is 25.2 Å². The summed E-state index contributed by atoms with van der Waals surface area (Å²) >= 11 is 7.96. The average Bonchev–Trinajstić information content (AvgIpc) is 3.40. The van der Waals surface area contributed by atoms with Crippen molar-refractivity contribution in [1.29, 1.82) is 0 Å². The van der Waals surface area contributed by atoms with Crippen molar-refractivity contribution in [3.8, 4) is 0 Å². The molecule has 1 saturated heterocycles. The van der Waals surface area contributed by atoms with Gasteiger partial charge in [-0.25, -0.2) is 13.4 Å². The number of aryl methyl sites for hydroxylation is 1. The molecule has 0 saturated carbocycles. The summed E-state index contributed by atoms with van der Waals surface area (Å²) in [7, 11) is -3.57. The number of hydrogen-bond acceptors (Lipinski definition) is 7. The highest BCUT2D eigenvalue weighted by Crippen LogP contribution is 2.33. The van der Waals surface area contributed by atoms with Crippen molar-refractivity contribution >= 4 is 54.2 Å². The maximum atomic E-state index is 13.2. The lowest BCUT2D eigenvalue weighted by Gasteiger charge is -2.34. The van der Waals surface area contributed by atoms with Crippen LogP contribution in [0.4, 0.5) is 5.13 Å². The minimum absolute atomic E-state index is 0.195. The van der Waals surface area contributed by atoms with Crippen molar-refractivity contribution in [2.75, 3.05) is 57.3 Å². The first-order valence-corrected chi connectivity index (χ1v) is 16.8. The largest absolute Gasteiger partial charge is 0.351 e. The van der Waals surface area contributed by atoms with Crippen LogP contribution in [0.5, 0.6) is 0 Å². The monoisotopic (exact) mass is 605 g/mol. The van der Waals surface area contributed by atoms with Gasteiger partial charge in [-0.1, -0.05) is 49.6 Å². The summed E-state index contributed by atoms with van der Waals surface area (Å²) in [5.41, 5.74) is 2.46. The SMILES string of the molecule is CCCCN(CCCC)S(=O)(=O)c1ccc(C(=O)NCCN2CCN(c3nc4c(C)c(Cl)ccc4s3)CC2)cc1. The number of carbonyl (C=O) groups is 1. The maximum absolute atomic E-state index is 13.2. The van der Waals surface area contributed by atoms with Gasteiger partial charge in [0, 0.05) is 62.9 Å². The number of rotatable bonds is 13. The summed E-state index contributed by atoms with van der Waals surface area (Å²) < 4.78 is 29.1. The van der Waals surface area contributed by atoms with Crippen molar-refractivity contribution in [1.82, 2.24) is 19.5 Å². The second-order valence-corrected chi connectivity index (χ2v) is 13.6. The second kappa shape index (κ2) is 14.1. The van der Waals surface area contributed by atoms with Crippen molar-refractivity contribution in [3.05, 3.63) is 52.5 Å². The molecule has 40 heavy (non-hydrogen) atoms. The molecule has 1 aliphatic heterocycles. The molecule has 4 rings (SSSR count). The Balaban J connectivity index is 1.25. The van der Waals surface area contributed by atoms with Crippen LogP contribution in [0, 0.1) is 6.92 Å². The van der Waals surface area contributed by atoms with Crippen LogP contribution >= 0.6 is 22.9 Å². The molecule has 0 unspecified atom stereocenters. The summed E-state index contributed by atoms with van der Waals surface area (Å²) in [6.07, 6.45) is 3.53. The third-order valence-corrected chi connectivity index (χ3v) is 10.8. The molecule has 218 valence electrons. The summed E-state index contributed by atoms with van der Waals surface area (Å²) in [4.78, 5) is 22.5. The average molecular weight is 606 g/mol. The summed E-state index contributed by atoms with van der Waals surface area (Å²) in [5.74, 6) is -0.195. The van der Waals surface area contributed by atoms with Crippen LogP contribution in [0.15, 0.2) is 41.3 Å². The van der Waals surface area contributed by atoms with Crippen LogP contribution in [0.2, 0.25) is 5.02 Å². The Kier molecular flexibility index (Phi) is 10.8. The number of halogens is 1. The third-order valence-electron chi connectivity index (χ3n) is 7.37. The van der Waals surface area contributed by atoms with E-state index in [1.165, 1.54) is 0 Å². The predicted molar refractivity (Wildman–Crippen MR) is 165 cm³/mol. The lowest BCUT2D eigenvalue weighted by atomic mass is 10.2. The number of sulfonamides is 1. The standard InChI is InChI=1S/C29H40ClN5O3S2/c1-4-6-15-35(16-7-5-2)40(37,38)24-10-8-23(9-11-24)28(36)31-14-17-33-18-20-34(21-19-33)29-32-27-22(3)25(30)12-13-26(27)39-29/h8-13H,4-7,14-21H2,1-3H3,(H,31,36). The van der Waals surface area contributed by atoms with E-state index in [0.717, 1.165) is 84.3 Å². The number of carbonyl (C=O) groups excluding carboxylic acids is 1. The molecule has 1 aromatic heterocycles. The van der Waals surface area contributed by atoms with Crippen molar-refractivity contribution in [2.24, 2.45) is 0 Å². The van der Waals surface area contributed by atoms with E-state index in [4.69, 9.17) is 16.6 Å². The highest BCUT2D eigenvalue weighted by atomic mass is 35.5. The predicted octanol–water partition coefficient (Wildman–Crippen LogP) is 5.40. The number of thiazole rings is 1. The van der Waals surface area contributed by atoms with E-state index in [9.17, 15) is 13.2 Å². The van der Waals surface area contributed by atoms with Crippen molar-refractivity contribution < 1.29 is 13.2 Å². The van der Waals surface area contributed by atoms with Gasteiger partial charge in [-0.2, -0.15) is 4.31 Å². The molecule has 11 heteroatoms. The Morgan fingerprint density at radius 3 is 2.30 bits per heavy atom. The highest BCUT2D eigenvalue weighted by Gasteiger charge is 2.24. The van der Waals surface area contributed by atoms with E-state index >= 15 is 0 Å². The quantitative estimate of drug-likeness (QED) is 0.281. The molecule has 1 fully saturated rings. The fourth-order valence-corrected chi connectivity index (χ4v) is 7.51. The van der Waals surface area contributed by atoms with Gasteiger partial charge in [0.15, 0.2) is 5.13 Å². The normalized spacial score (nSPS) is 14.8. The third kappa shape index (κ3) is 7.33. The van der Waals surface area contributed by atoms with Crippen LogP contribution in [-0.4, -0.2) is 80.9 Å². The Morgan fingerprint density at radius 1 is 1.02 bits per heavy atom. The first-order chi connectivity index (χ1) is 19.2. The minimum atomic E-state index is -3.57. The Labute approximate surface area is 247 Å². The number of benzene rings is 2. The van der Waals surface area contributed by atoms with Gasteiger partial charge in [-0.15, -0.1) is 0 Å². The zero-order valence-electron chi connectivity index (χ0n) is 23.7. The summed E-state index contributed by atoms with van der Waals surface area (Å²) in [5, 5.41) is 4.75. The van der Waals surface area contributed by atoms with Crippen LogP contribution < -0.4 is 10.2 Å². The topological polar surface area (TPSA) is 85.8 Å². The molecule has 1 amide bonds. The smallest absolute Gasteiger partial charge is 0.251 e. The minimum Gasteiger partial charge on any atom is -0.351 e. The second-order valence-electron chi connectivity index (χ2n) is 10.2. The van der Waals surface area contributed by atoms with E-state index in [1.807, 2.05) is 19.1 Å². The van der Waals surface area contributed by atoms with Gasteiger partial charge >= 0.3 is 0 Å². The Hall–Kier alpha value is -2.24. The van der Waals surface area contributed by atoms with Crippen molar-refractivity contribution in [2.45, 2.75) is 51.3 Å². The van der Waals surface area contributed by atoms with Crippen molar-refractivity contribution in [3.63, 3.8) is 0 Å². The molecule has 2 aromatic carbocycles. The van der Waals surface area contributed by atoms with Crippen LogP contribution in [0.25, 0.3) is 10.2 Å². The van der Waals surface area contributed by atoms with Gasteiger partial charge in [0.1, 0.15) is 0 Å². The number of fused-ring (bicyclic) bond motifs is 1. The molecule has 0 bridgehead atoms. The number of piperazine rings is 1. The molecule has 0 spiro atoms. The fraction of sp³-hybridized carbons (Fsp3) is 0.517. The maximum Gasteiger partial charge on any atom is 0.251 e. The van der Waals surface area contributed by atoms with Crippen LogP contribution in [-0.2, 0) is 10.0 Å². The fourth-order valence-electron chi connectivity index (χ4n) is 4.76. The molecule has 0 atom stereocenters. The number of unbranched alkanes of at least 4 members (excludes halogenated alkanes) is 2. The van der Waals surface area contributed by atoms with Gasteiger partial charge in [0.05, 0.1) is 15.1 Å². The Morgan fingerprint density at radius 2 is 1.68 bits per heavy atom. The van der Waals surface area contributed by atoms with Gasteiger partial charge < -0.3 is 10.2 Å². The molecule has 0 radical (unpaired) electrons. The number of anilines is 1. The molecule has 0 aliphatic carbocycles. The lowest BCUT2D eigenvalue weighted by molar-refractivity contribution is 0.0947. The first-order valence-electron chi connectivity index (χ1n) is 14.2. The zero-order valence-corrected chi connectivity index (χ0v) is 26.0. The van der Waals surface area contributed by atoms with E-state index in [-0.39, 0.29) is 10.8 Å². The molecule has 2 heterocycles. The molecular weight excluding hydrogens is 566 g/mol. The number of amides is 1.